The van der Waals surface area contributed by atoms with Crippen LogP contribution in [0, 0.1) is 5.41 Å². The molecule has 0 amide bonds. The maximum absolute atomic E-state index is 12.6. The van der Waals surface area contributed by atoms with Gasteiger partial charge in [-0.05, 0) is 29.5 Å². The van der Waals surface area contributed by atoms with Gasteiger partial charge in [-0.25, -0.2) is 4.79 Å². The van der Waals surface area contributed by atoms with Crippen molar-refractivity contribution in [3.8, 4) is 28.5 Å². The van der Waals surface area contributed by atoms with E-state index in [-0.39, 0.29) is 17.0 Å². The van der Waals surface area contributed by atoms with Crippen molar-refractivity contribution >= 4 is 5.97 Å². The number of hydrogen-bond donors (Lipinski definition) is 1. The molecule has 0 spiro atoms. The van der Waals surface area contributed by atoms with Gasteiger partial charge in [-0.2, -0.15) is 0 Å². The van der Waals surface area contributed by atoms with Crippen LogP contribution in [-0.4, -0.2) is 46.2 Å². The van der Waals surface area contributed by atoms with Crippen molar-refractivity contribution < 1.29 is 23.8 Å². The summed E-state index contributed by atoms with van der Waals surface area (Å²) in [4.78, 5) is 24.3. The Labute approximate surface area is 191 Å². The Bertz CT molecular complexity index is 1220. The molecule has 1 aliphatic rings. The van der Waals surface area contributed by atoms with E-state index in [0.717, 1.165) is 17.5 Å². The lowest BCUT2D eigenvalue weighted by molar-refractivity contribution is 0.0693. The molecule has 0 fully saturated rings. The van der Waals surface area contributed by atoms with Gasteiger partial charge in [0, 0.05) is 44.0 Å². The number of methoxy groups -OCH3 is 1. The smallest absolute Gasteiger partial charge is 0.341 e. The van der Waals surface area contributed by atoms with Crippen molar-refractivity contribution in [1.82, 2.24) is 14.8 Å². The second-order valence-corrected chi connectivity index (χ2v) is 9.18. The number of rotatable bonds is 7. The second kappa shape index (κ2) is 8.82. The topological polar surface area (TPSA) is 117 Å². The summed E-state index contributed by atoms with van der Waals surface area (Å²) in [6, 6.07) is 5.17. The summed E-state index contributed by atoms with van der Waals surface area (Å²) >= 11 is 0. The van der Waals surface area contributed by atoms with Gasteiger partial charge < -0.3 is 23.6 Å². The minimum atomic E-state index is -1.24. The van der Waals surface area contributed by atoms with E-state index in [1.807, 2.05) is 16.7 Å². The lowest BCUT2D eigenvalue weighted by Crippen LogP contribution is -2.32. The van der Waals surface area contributed by atoms with Gasteiger partial charge in [-0.3, -0.25) is 4.79 Å². The van der Waals surface area contributed by atoms with Gasteiger partial charge >= 0.3 is 5.97 Å². The first kappa shape index (κ1) is 22.7. The Morgan fingerprint density at radius 2 is 2.03 bits per heavy atom. The van der Waals surface area contributed by atoms with Crippen LogP contribution in [0.3, 0.4) is 0 Å². The fraction of sp³-hybridized carbons (Fsp3) is 0.417. The zero-order chi connectivity index (χ0) is 23.8. The molecule has 3 heterocycles. The SMILES string of the molecule is COCCCOc1cc2c(cc1-c1nnco1)-c1cc(=O)c(C(=O)O)cn1[C@H](C(C)(C)C)C2. The van der Waals surface area contributed by atoms with E-state index in [1.165, 1.54) is 18.7 Å². The average Bonchev–Trinajstić information content (AvgIpc) is 3.29. The number of carboxylic acids is 1. The Kier molecular flexibility index (Phi) is 6.07. The molecule has 0 bridgehead atoms. The molecule has 3 aromatic rings. The molecule has 9 nitrogen and oxygen atoms in total. The lowest BCUT2D eigenvalue weighted by Gasteiger charge is -2.39. The number of pyridine rings is 1. The van der Waals surface area contributed by atoms with Crippen LogP contribution < -0.4 is 10.2 Å². The highest BCUT2D eigenvalue weighted by molar-refractivity contribution is 5.88. The van der Waals surface area contributed by atoms with Crippen molar-refractivity contribution in [2.24, 2.45) is 5.41 Å². The fourth-order valence-corrected chi connectivity index (χ4v) is 4.21. The Hall–Kier alpha value is -3.46. The van der Waals surface area contributed by atoms with Crippen molar-refractivity contribution in [3.05, 3.63) is 52.1 Å². The summed E-state index contributed by atoms with van der Waals surface area (Å²) in [6.45, 7) is 7.32. The van der Waals surface area contributed by atoms with E-state index in [1.54, 1.807) is 7.11 Å². The maximum atomic E-state index is 12.6. The third kappa shape index (κ3) is 4.41. The molecular weight excluding hydrogens is 426 g/mol. The first-order valence-corrected chi connectivity index (χ1v) is 10.8. The third-order valence-corrected chi connectivity index (χ3v) is 5.88. The summed E-state index contributed by atoms with van der Waals surface area (Å²) in [7, 11) is 1.64. The second-order valence-electron chi connectivity index (χ2n) is 9.18. The number of hydrogen-bond acceptors (Lipinski definition) is 7. The van der Waals surface area contributed by atoms with Gasteiger partial charge in [0.05, 0.1) is 17.9 Å². The average molecular weight is 453 g/mol. The summed E-state index contributed by atoms with van der Waals surface area (Å²) in [5.41, 5.74) is 2.10. The highest BCUT2D eigenvalue weighted by Crippen LogP contribution is 2.45. The highest BCUT2D eigenvalue weighted by atomic mass is 16.5. The van der Waals surface area contributed by atoms with E-state index < -0.39 is 11.4 Å². The normalized spacial score (nSPS) is 15.1. The molecule has 9 heteroatoms. The van der Waals surface area contributed by atoms with Gasteiger partial charge in [0.25, 0.3) is 5.89 Å². The molecule has 1 aromatic carbocycles. The quantitative estimate of drug-likeness (QED) is 0.537. The first-order chi connectivity index (χ1) is 15.7. The molecule has 1 aliphatic heterocycles. The van der Waals surface area contributed by atoms with Crippen LogP contribution in [0.1, 0.15) is 49.2 Å². The standard InChI is InChI=1S/C24H27N3O6/c1-24(2,3)21-9-14-8-20(32-7-5-6-31-4)16(22-26-25-13-33-22)10-15(14)18-11-19(28)17(23(29)30)12-27(18)21/h8,10-13,21H,5-7,9H2,1-4H3,(H,29,30)/t21-/m0/s1. The molecule has 0 saturated heterocycles. The van der Waals surface area contributed by atoms with Crippen LogP contribution in [0.15, 0.2) is 40.0 Å². The third-order valence-electron chi connectivity index (χ3n) is 5.88. The van der Waals surface area contributed by atoms with E-state index in [2.05, 4.69) is 31.0 Å². The maximum Gasteiger partial charge on any atom is 0.341 e. The molecule has 0 aliphatic carbocycles. The van der Waals surface area contributed by atoms with Crippen molar-refractivity contribution in [2.45, 2.75) is 39.7 Å². The van der Waals surface area contributed by atoms with Crippen molar-refractivity contribution in [1.29, 1.82) is 0 Å². The summed E-state index contributed by atoms with van der Waals surface area (Å²) in [6.07, 6.45) is 4.07. The molecule has 33 heavy (non-hydrogen) atoms. The molecule has 174 valence electrons. The number of ether oxygens (including phenoxy) is 2. The lowest BCUT2D eigenvalue weighted by atomic mass is 9.78. The molecule has 2 aromatic heterocycles. The summed E-state index contributed by atoms with van der Waals surface area (Å²) in [5, 5.41) is 17.3. The number of benzene rings is 1. The van der Waals surface area contributed by atoms with Gasteiger partial charge in [-0.15, -0.1) is 10.2 Å². The molecule has 0 unspecified atom stereocenters. The zero-order valence-electron chi connectivity index (χ0n) is 19.1. The van der Waals surface area contributed by atoms with E-state index in [9.17, 15) is 14.7 Å². The van der Waals surface area contributed by atoms with E-state index >= 15 is 0 Å². The van der Waals surface area contributed by atoms with Crippen LogP contribution in [0.25, 0.3) is 22.7 Å². The van der Waals surface area contributed by atoms with Crippen molar-refractivity contribution in [2.75, 3.05) is 20.3 Å². The minimum Gasteiger partial charge on any atom is -0.493 e. The van der Waals surface area contributed by atoms with Crippen LogP contribution >= 0.6 is 0 Å². The molecule has 1 atom stereocenters. The predicted octanol–water partition coefficient (Wildman–Crippen LogP) is 3.82. The van der Waals surface area contributed by atoms with Gasteiger partial charge in [0.1, 0.15) is 11.3 Å². The Morgan fingerprint density at radius 1 is 1.24 bits per heavy atom. The fourth-order valence-electron chi connectivity index (χ4n) is 4.21. The number of aromatic nitrogens is 3. The van der Waals surface area contributed by atoms with E-state index in [0.29, 0.717) is 42.5 Å². The number of carbonyl (C=O) groups is 1. The van der Waals surface area contributed by atoms with Gasteiger partial charge in [-0.1, -0.05) is 20.8 Å². The highest BCUT2D eigenvalue weighted by Gasteiger charge is 2.34. The zero-order valence-corrected chi connectivity index (χ0v) is 19.1. The largest absolute Gasteiger partial charge is 0.493 e. The number of carboxylic acid groups (broad SMARTS) is 1. The molecular formula is C24H27N3O6. The van der Waals surface area contributed by atoms with Gasteiger partial charge in [0.2, 0.25) is 6.39 Å². The molecule has 4 rings (SSSR count). The summed E-state index contributed by atoms with van der Waals surface area (Å²) in [5.74, 6) is -0.326. The number of fused-ring (bicyclic) bond motifs is 3. The van der Waals surface area contributed by atoms with Gasteiger partial charge in [0.15, 0.2) is 5.43 Å². The number of aromatic carboxylic acids is 1. The predicted molar refractivity (Wildman–Crippen MR) is 121 cm³/mol. The molecule has 0 saturated carbocycles. The monoisotopic (exact) mass is 453 g/mol. The van der Waals surface area contributed by atoms with Crippen LogP contribution in [0.5, 0.6) is 5.75 Å². The van der Waals surface area contributed by atoms with Crippen LogP contribution in [0.4, 0.5) is 0 Å². The molecule has 0 radical (unpaired) electrons. The molecule has 1 N–H and O–H groups in total. The van der Waals surface area contributed by atoms with Crippen LogP contribution in [0.2, 0.25) is 0 Å². The number of nitrogens with zero attached hydrogens (tertiary/aromatic N) is 3. The Balaban J connectivity index is 1.90. The minimum absolute atomic E-state index is 0.0608. The summed E-state index contributed by atoms with van der Waals surface area (Å²) < 4.78 is 18.5. The van der Waals surface area contributed by atoms with E-state index in [4.69, 9.17) is 13.9 Å². The Morgan fingerprint density at radius 3 is 2.67 bits per heavy atom. The first-order valence-electron chi connectivity index (χ1n) is 10.8. The van der Waals surface area contributed by atoms with Crippen LogP contribution in [-0.2, 0) is 11.2 Å². The van der Waals surface area contributed by atoms with Crippen molar-refractivity contribution in [3.63, 3.8) is 0 Å².